The van der Waals surface area contributed by atoms with Crippen LogP contribution in [0.15, 0.2) is 66.2 Å². The van der Waals surface area contributed by atoms with Gasteiger partial charge in [0, 0.05) is 54.7 Å². The van der Waals surface area contributed by atoms with Gasteiger partial charge in [-0.05, 0) is 122 Å². The Morgan fingerprint density at radius 1 is 0.915 bits per heavy atom. The van der Waals surface area contributed by atoms with E-state index >= 15 is 4.39 Å². The normalized spacial score (nSPS) is 23.8. The molecule has 4 aliphatic carbocycles. The first-order chi connectivity index (χ1) is 28.6. The minimum atomic E-state index is -1.06. The summed E-state index contributed by atoms with van der Waals surface area (Å²) in [5.41, 5.74) is 2.29. The molecule has 3 aromatic carbocycles. The predicted octanol–water partition coefficient (Wildman–Crippen LogP) is 7.57. The Labute approximate surface area is 347 Å². The maximum absolute atomic E-state index is 15.5. The van der Waals surface area contributed by atoms with Crippen LogP contribution >= 0.6 is 11.3 Å². The van der Waals surface area contributed by atoms with Crippen LogP contribution in [-0.4, -0.2) is 74.0 Å². The molecule has 0 spiro atoms. The van der Waals surface area contributed by atoms with Crippen molar-refractivity contribution in [3.63, 3.8) is 0 Å². The number of halogens is 1. The smallest absolute Gasteiger partial charge is 0.335 e. The van der Waals surface area contributed by atoms with E-state index in [1.807, 2.05) is 19.1 Å². The lowest BCUT2D eigenvalue weighted by Gasteiger charge is -2.37. The van der Waals surface area contributed by atoms with E-state index < -0.39 is 17.3 Å². The van der Waals surface area contributed by atoms with Crippen LogP contribution in [0.2, 0.25) is 0 Å². The van der Waals surface area contributed by atoms with E-state index in [4.69, 9.17) is 18.9 Å². The van der Waals surface area contributed by atoms with Gasteiger partial charge in [0.2, 0.25) is 11.8 Å². The van der Waals surface area contributed by atoms with Gasteiger partial charge in [-0.1, -0.05) is 12.1 Å². The Morgan fingerprint density at radius 2 is 1.68 bits per heavy atom. The van der Waals surface area contributed by atoms with Crippen molar-refractivity contribution >= 4 is 34.3 Å². The highest BCUT2D eigenvalue weighted by atomic mass is 32.1. The van der Waals surface area contributed by atoms with Gasteiger partial charge in [0.1, 0.15) is 18.2 Å². The van der Waals surface area contributed by atoms with Crippen molar-refractivity contribution in [1.29, 1.82) is 0 Å². The number of nitrogens with one attached hydrogen (secondary N) is 3. The molecule has 4 N–H and O–H groups in total. The van der Waals surface area contributed by atoms with Gasteiger partial charge in [-0.3, -0.25) is 9.59 Å². The van der Waals surface area contributed by atoms with Crippen molar-refractivity contribution in [1.82, 2.24) is 15.6 Å². The number of carboxylic acid groups (broad SMARTS) is 1. The topological polar surface area (TPSA) is 157 Å². The summed E-state index contributed by atoms with van der Waals surface area (Å²) >= 11 is 1.35. The third-order valence-corrected chi connectivity index (χ3v) is 13.3. The molecule has 12 nitrogen and oxygen atoms in total. The fourth-order valence-electron chi connectivity index (χ4n) is 10.2. The average molecular weight is 827 g/mol. The lowest BCUT2D eigenvalue weighted by atomic mass is 9.73. The van der Waals surface area contributed by atoms with Crippen LogP contribution in [0.25, 0.3) is 11.1 Å². The number of ether oxygens (including phenoxy) is 4. The number of hydrogen-bond acceptors (Lipinski definition) is 10. The van der Waals surface area contributed by atoms with Crippen LogP contribution in [0, 0.1) is 29.0 Å². The molecule has 5 aliphatic rings. The molecule has 2 heterocycles. The number of carbonyl (C=O) groups is 3. The number of thiazole rings is 1. The Hall–Kier alpha value is -4.89. The second-order valence-corrected chi connectivity index (χ2v) is 17.6. The minimum Gasteiger partial charge on any atom is -0.487 e. The van der Waals surface area contributed by atoms with Gasteiger partial charge in [0.25, 0.3) is 0 Å². The van der Waals surface area contributed by atoms with Gasteiger partial charge in [-0.2, -0.15) is 0 Å². The number of nitrogens with zero attached hydrogens (tertiary/aromatic N) is 1. The van der Waals surface area contributed by atoms with Crippen LogP contribution in [0.5, 0.6) is 17.2 Å². The Kier molecular flexibility index (Phi) is 12.3. The van der Waals surface area contributed by atoms with E-state index in [9.17, 15) is 19.5 Å². The van der Waals surface area contributed by atoms with E-state index in [1.165, 1.54) is 61.6 Å². The maximum Gasteiger partial charge on any atom is 0.335 e. The van der Waals surface area contributed by atoms with Crippen LogP contribution in [0.3, 0.4) is 0 Å². The molecule has 4 fully saturated rings. The Bertz CT molecular complexity index is 2140. The molecule has 0 radical (unpaired) electrons. The highest BCUT2D eigenvalue weighted by Gasteiger charge is 2.58. The molecule has 59 heavy (non-hydrogen) atoms. The summed E-state index contributed by atoms with van der Waals surface area (Å²) in [6.07, 6.45) is 9.59. The number of carbonyl (C=O) groups excluding carboxylic acids is 2. The number of fused-ring (bicyclic) bond motifs is 1. The van der Waals surface area contributed by atoms with Crippen LogP contribution in [0.1, 0.15) is 73.4 Å². The zero-order chi connectivity index (χ0) is 41.0. The van der Waals surface area contributed by atoms with E-state index in [1.54, 1.807) is 35.8 Å². The average Bonchev–Trinajstić information content (AvgIpc) is 3.86. The summed E-state index contributed by atoms with van der Waals surface area (Å²) in [7, 11) is 0. The van der Waals surface area contributed by atoms with Crippen LogP contribution < -0.4 is 25.4 Å². The molecule has 1 aliphatic heterocycles. The Balaban J connectivity index is 0.865. The second-order valence-electron chi connectivity index (χ2n) is 16.7. The van der Waals surface area contributed by atoms with Gasteiger partial charge in [-0.25, -0.2) is 14.2 Å². The number of aromatic carboxylic acids is 1. The molecule has 4 saturated carbocycles. The fraction of sp³-hybridized carbons (Fsp3) is 0.467. The zero-order valence-electron chi connectivity index (χ0n) is 33.2. The molecule has 9 rings (SSSR count). The van der Waals surface area contributed by atoms with E-state index in [-0.39, 0.29) is 48.2 Å². The van der Waals surface area contributed by atoms with Crippen molar-refractivity contribution in [3.8, 4) is 28.4 Å². The van der Waals surface area contributed by atoms with Crippen molar-refractivity contribution in [2.45, 2.75) is 63.8 Å². The van der Waals surface area contributed by atoms with Crippen molar-refractivity contribution in [2.24, 2.45) is 23.2 Å². The molecule has 4 aromatic rings. The number of hydrogen-bond donors (Lipinski definition) is 4. The SMILES string of the molecule is C[C@]1(CC(=O)Nc2nccs2)NCCc2cc(OCCOCCOCCNC(=O)CC34CC5CC(CC3C5)C4)c(Oc3ccc(-c4ccc(C(=O)O)cc4)c(F)c3)cc21. The molecule has 2 unspecified atom stereocenters. The number of aromatic nitrogens is 1. The van der Waals surface area contributed by atoms with Gasteiger partial charge < -0.3 is 40.0 Å². The largest absolute Gasteiger partial charge is 0.487 e. The first-order valence-electron chi connectivity index (χ1n) is 20.5. The maximum atomic E-state index is 15.5. The Morgan fingerprint density at radius 3 is 2.41 bits per heavy atom. The minimum absolute atomic E-state index is 0.110. The fourth-order valence-corrected chi connectivity index (χ4v) is 10.7. The predicted molar refractivity (Wildman–Crippen MR) is 220 cm³/mol. The van der Waals surface area contributed by atoms with Crippen LogP contribution in [-0.2, 0) is 31.0 Å². The summed E-state index contributed by atoms with van der Waals surface area (Å²) < 4.78 is 39.6. The molecular formula is C45H51FN4O8S. The molecule has 4 bridgehead atoms. The molecule has 2 amide bonds. The third-order valence-electron chi connectivity index (χ3n) is 12.6. The first-order valence-corrected chi connectivity index (χ1v) is 21.4. The molecule has 312 valence electrons. The van der Waals surface area contributed by atoms with E-state index in [2.05, 4.69) is 20.9 Å². The van der Waals surface area contributed by atoms with Gasteiger partial charge >= 0.3 is 5.97 Å². The molecular weight excluding hydrogens is 776 g/mol. The number of rotatable bonds is 19. The highest BCUT2D eigenvalue weighted by molar-refractivity contribution is 7.13. The van der Waals surface area contributed by atoms with Crippen LogP contribution in [0.4, 0.5) is 9.52 Å². The highest BCUT2D eigenvalue weighted by Crippen LogP contribution is 2.66. The van der Waals surface area contributed by atoms with Crippen molar-refractivity contribution < 1.29 is 42.8 Å². The molecule has 1 aromatic heterocycles. The number of anilines is 1. The molecule has 0 saturated heterocycles. The third kappa shape index (κ3) is 9.46. The summed E-state index contributed by atoms with van der Waals surface area (Å²) in [6, 6.07) is 14.3. The summed E-state index contributed by atoms with van der Waals surface area (Å²) in [6.45, 7) is 4.73. The monoisotopic (exact) mass is 826 g/mol. The van der Waals surface area contributed by atoms with Gasteiger partial charge in [0.15, 0.2) is 16.6 Å². The van der Waals surface area contributed by atoms with Crippen molar-refractivity contribution in [3.05, 3.63) is 88.7 Å². The number of carboxylic acids is 1. The summed E-state index contributed by atoms with van der Waals surface area (Å²) in [5.74, 6) is 1.79. The zero-order valence-corrected chi connectivity index (χ0v) is 34.0. The van der Waals surface area contributed by atoms with E-state index in [0.717, 1.165) is 28.9 Å². The van der Waals surface area contributed by atoms with E-state index in [0.29, 0.717) is 73.5 Å². The molecule has 3 atom stereocenters. The number of benzene rings is 3. The number of amides is 2. The second kappa shape index (κ2) is 17.8. The lowest BCUT2D eigenvalue weighted by Crippen LogP contribution is -2.47. The summed E-state index contributed by atoms with van der Waals surface area (Å²) in [5, 5.41) is 21.0. The van der Waals surface area contributed by atoms with Gasteiger partial charge in [0.05, 0.1) is 32.0 Å². The van der Waals surface area contributed by atoms with Gasteiger partial charge in [-0.15, -0.1) is 11.3 Å². The summed E-state index contributed by atoms with van der Waals surface area (Å²) in [4.78, 5) is 41.4. The van der Waals surface area contributed by atoms with Crippen molar-refractivity contribution in [2.75, 3.05) is 51.4 Å². The lowest BCUT2D eigenvalue weighted by molar-refractivity contribution is -0.124. The standard InChI is InChI=1S/C45H51FN4O8S/c1-44(26-41(52)50-43-48-11-17-59-43)36-23-39(58-34-6-7-35(37(46)22-34)30-2-4-31(5-3-30)42(53)54)38(21-32(36)8-9-49-44)57-16-15-56-14-13-55-12-10-47-40(51)27-45-24-28-18-29(25-45)20-33(45)19-28/h2-7,11,17,21-23,28-29,33,49H,8-10,12-16,18-20,24-27H2,1H3,(H,47,51)(H,53,54)(H,48,50,52)/t28?,29?,33?,44-,45?/m1/s1. The quantitative estimate of drug-likeness (QED) is 0.0696. The molecule has 14 heteroatoms. The first kappa shape index (κ1) is 40.9.